The average molecular weight is 289 g/mol. The maximum atomic E-state index is 12.3. The normalized spacial score (nSPS) is 10.6. The quantitative estimate of drug-likeness (QED) is 0.655. The number of carbonyl (C=O) groups excluding carboxylic acids is 2. The van der Waals surface area contributed by atoms with Gasteiger partial charge in [-0.25, -0.2) is 4.98 Å². The summed E-state index contributed by atoms with van der Waals surface area (Å²) in [5, 5.41) is -0.0891. The largest absolute Gasteiger partial charge is 0.290 e. The molecule has 1 aromatic rings. The Morgan fingerprint density at radius 1 is 1.32 bits per heavy atom. The number of aromatic nitrogens is 1. The van der Waals surface area contributed by atoms with E-state index in [2.05, 4.69) is 15.8 Å². The second kappa shape index (κ2) is 7.03. The molecule has 0 aliphatic carbocycles. The standard InChI is InChI=1S/C11H13F2N3O2S/c1-6(2)8(17)15-16-9(18)7-4-3-5-14-10(7)19-11(12)13/h3-6,11H,1-2H3,(H,15,17)(H,16,18). The lowest BCUT2D eigenvalue weighted by Crippen LogP contribution is -2.43. The van der Waals surface area contributed by atoms with E-state index in [1.54, 1.807) is 13.8 Å². The van der Waals surface area contributed by atoms with Crippen molar-refractivity contribution in [3.8, 4) is 0 Å². The third-order valence-corrected chi connectivity index (χ3v) is 2.77. The number of hydrogen-bond donors (Lipinski definition) is 2. The smallest absolute Gasteiger partial charge is 0.273 e. The summed E-state index contributed by atoms with van der Waals surface area (Å²) < 4.78 is 24.6. The van der Waals surface area contributed by atoms with E-state index in [-0.39, 0.29) is 34.2 Å². The van der Waals surface area contributed by atoms with Gasteiger partial charge in [0.1, 0.15) is 5.03 Å². The van der Waals surface area contributed by atoms with E-state index < -0.39 is 11.7 Å². The lowest BCUT2D eigenvalue weighted by Gasteiger charge is -2.11. The minimum atomic E-state index is -2.67. The molecule has 0 fully saturated rings. The molecule has 2 N–H and O–H groups in total. The van der Waals surface area contributed by atoms with Gasteiger partial charge in [0.2, 0.25) is 5.91 Å². The molecule has 0 saturated heterocycles. The molecule has 8 heteroatoms. The van der Waals surface area contributed by atoms with Crippen LogP contribution in [0.4, 0.5) is 8.78 Å². The van der Waals surface area contributed by atoms with Gasteiger partial charge >= 0.3 is 0 Å². The van der Waals surface area contributed by atoms with E-state index >= 15 is 0 Å². The third-order valence-electron chi connectivity index (χ3n) is 2.04. The summed E-state index contributed by atoms with van der Waals surface area (Å²) >= 11 is 0.176. The number of nitrogens with zero attached hydrogens (tertiary/aromatic N) is 1. The molecule has 5 nitrogen and oxygen atoms in total. The average Bonchev–Trinajstić information content (AvgIpc) is 2.35. The number of hydrogen-bond acceptors (Lipinski definition) is 4. The first-order valence-corrected chi connectivity index (χ1v) is 6.29. The molecule has 0 unspecified atom stereocenters. The molecular weight excluding hydrogens is 276 g/mol. The Bertz CT molecular complexity index is 469. The second-order valence-corrected chi connectivity index (χ2v) is 4.81. The van der Waals surface area contributed by atoms with E-state index in [9.17, 15) is 18.4 Å². The zero-order chi connectivity index (χ0) is 14.4. The summed E-state index contributed by atoms with van der Waals surface area (Å²) in [5.41, 5.74) is 4.34. The molecule has 1 rings (SSSR count). The number of hydrazine groups is 1. The van der Waals surface area contributed by atoms with Crippen LogP contribution < -0.4 is 10.9 Å². The number of amides is 2. The molecule has 0 aromatic carbocycles. The first kappa shape index (κ1) is 15.4. The molecule has 0 radical (unpaired) electrons. The molecule has 0 aliphatic rings. The fraction of sp³-hybridized carbons (Fsp3) is 0.364. The number of pyridine rings is 1. The number of rotatable bonds is 4. The van der Waals surface area contributed by atoms with Gasteiger partial charge in [0.15, 0.2) is 0 Å². The van der Waals surface area contributed by atoms with Crippen LogP contribution in [0.15, 0.2) is 23.4 Å². The van der Waals surface area contributed by atoms with Gasteiger partial charge in [0.25, 0.3) is 11.7 Å². The topological polar surface area (TPSA) is 71.1 Å². The molecule has 1 heterocycles. The molecule has 0 bridgehead atoms. The van der Waals surface area contributed by atoms with Gasteiger partial charge < -0.3 is 0 Å². The second-order valence-electron chi connectivity index (χ2n) is 3.83. The predicted octanol–water partition coefficient (Wildman–Crippen LogP) is 1.81. The zero-order valence-corrected chi connectivity index (χ0v) is 11.1. The van der Waals surface area contributed by atoms with Gasteiger partial charge in [0, 0.05) is 12.1 Å². The Morgan fingerprint density at radius 3 is 2.58 bits per heavy atom. The van der Waals surface area contributed by atoms with Crippen molar-refractivity contribution in [2.24, 2.45) is 5.92 Å². The van der Waals surface area contributed by atoms with Crippen LogP contribution in [-0.4, -0.2) is 22.6 Å². The highest BCUT2D eigenvalue weighted by Gasteiger charge is 2.17. The lowest BCUT2D eigenvalue weighted by molar-refractivity contribution is -0.124. The van der Waals surface area contributed by atoms with Crippen LogP contribution in [0, 0.1) is 5.92 Å². The summed E-state index contributed by atoms with van der Waals surface area (Å²) in [6.45, 7) is 3.31. The third kappa shape index (κ3) is 4.82. The van der Waals surface area contributed by atoms with Gasteiger partial charge in [-0.05, 0) is 23.9 Å². The van der Waals surface area contributed by atoms with Crippen molar-refractivity contribution >= 4 is 23.6 Å². The molecule has 0 saturated carbocycles. The van der Waals surface area contributed by atoms with Gasteiger partial charge in [-0.3, -0.25) is 20.4 Å². The van der Waals surface area contributed by atoms with Gasteiger partial charge in [-0.2, -0.15) is 8.78 Å². The van der Waals surface area contributed by atoms with Crippen LogP contribution in [-0.2, 0) is 4.79 Å². The molecule has 0 atom stereocenters. The van der Waals surface area contributed by atoms with Crippen LogP contribution in [0.1, 0.15) is 24.2 Å². The minimum absolute atomic E-state index is 0.0168. The van der Waals surface area contributed by atoms with Crippen molar-refractivity contribution in [2.45, 2.75) is 24.6 Å². The van der Waals surface area contributed by atoms with Crippen LogP contribution in [0.5, 0.6) is 0 Å². The van der Waals surface area contributed by atoms with E-state index in [4.69, 9.17) is 0 Å². The number of carbonyl (C=O) groups is 2. The van der Waals surface area contributed by atoms with Crippen molar-refractivity contribution in [2.75, 3.05) is 0 Å². The van der Waals surface area contributed by atoms with Crippen molar-refractivity contribution in [1.29, 1.82) is 0 Å². The Kier molecular flexibility index (Phi) is 5.68. The number of nitrogens with one attached hydrogen (secondary N) is 2. The molecular formula is C11H13F2N3O2S. The fourth-order valence-corrected chi connectivity index (χ4v) is 1.65. The highest BCUT2D eigenvalue weighted by atomic mass is 32.2. The highest BCUT2D eigenvalue weighted by molar-refractivity contribution is 7.99. The zero-order valence-electron chi connectivity index (χ0n) is 10.3. The summed E-state index contributed by atoms with van der Waals surface area (Å²) in [6.07, 6.45) is 1.31. The Balaban J connectivity index is 2.74. The minimum Gasteiger partial charge on any atom is -0.273 e. The number of thioether (sulfide) groups is 1. The molecule has 0 aliphatic heterocycles. The van der Waals surface area contributed by atoms with Crippen LogP contribution in [0.2, 0.25) is 0 Å². The number of alkyl halides is 2. The molecule has 19 heavy (non-hydrogen) atoms. The fourth-order valence-electron chi connectivity index (χ4n) is 1.07. The van der Waals surface area contributed by atoms with Crippen molar-refractivity contribution in [3.05, 3.63) is 23.9 Å². The van der Waals surface area contributed by atoms with Gasteiger partial charge in [-0.1, -0.05) is 13.8 Å². The first-order valence-electron chi connectivity index (χ1n) is 5.42. The van der Waals surface area contributed by atoms with Crippen LogP contribution >= 0.6 is 11.8 Å². The maximum absolute atomic E-state index is 12.3. The summed E-state index contributed by atoms with van der Waals surface area (Å²) in [4.78, 5) is 26.7. The summed E-state index contributed by atoms with van der Waals surface area (Å²) in [7, 11) is 0. The van der Waals surface area contributed by atoms with Crippen LogP contribution in [0.25, 0.3) is 0 Å². The number of halogens is 2. The van der Waals surface area contributed by atoms with Crippen molar-refractivity contribution in [1.82, 2.24) is 15.8 Å². The monoisotopic (exact) mass is 289 g/mol. The van der Waals surface area contributed by atoms with Crippen molar-refractivity contribution < 1.29 is 18.4 Å². The SMILES string of the molecule is CC(C)C(=O)NNC(=O)c1cccnc1SC(F)F. The van der Waals surface area contributed by atoms with E-state index in [1.807, 2.05) is 0 Å². The van der Waals surface area contributed by atoms with E-state index in [0.717, 1.165) is 0 Å². The summed E-state index contributed by atoms with van der Waals surface area (Å²) in [6, 6.07) is 2.81. The Morgan fingerprint density at radius 2 is 2.00 bits per heavy atom. The van der Waals surface area contributed by atoms with Gasteiger partial charge in [0.05, 0.1) is 5.56 Å². The molecule has 104 valence electrons. The Hall–Kier alpha value is -1.70. The van der Waals surface area contributed by atoms with E-state index in [0.29, 0.717) is 0 Å². The maximum Gasteiger partial charge on any atom is 0.290 e. The van der Waals surface area contributed by atoms with Crippen LogP contribution in [0.3, 0.4) is 0 Å². The molecule has 0 spiro atoms. The van der Waals surface area contributed by atoms with Crippen molar-refractivity contribution in [3.63, 3.8) is 0 Å². The Labute approximate surface area is 113 Å². The molecule has 2 amide bonds. The predicted molar refractivity (Wildman–Crippen MR) is 66.5 cm³/mol. The first-order chi connectivity index (χ1) is 8.91. The highest BCUT2D eigenvalue weighted by Crippen LogP contribution is 2.25. The lowest BCUT2D eigenvalue weighted by atomic mass is 10.2. The summed E-state index contributed by atoms with van der Waals surface area (Å²) in [5.74, 6) is -4.04. The molecule has 1 aromatic heterocycles. The van der Waals surface area contributed by atoms with Gasteiger partial charge in [-0.15, -0.1) is 0 Å². The van der Waals surface area contributed by atoms with E-state index in [1.165, 1.54) is 18.3 Å².